The van der Waals surface area contributed by atoms with Crippen molar-refractivity contribution in [2.45, 2.75) is 6.92 Å². The van der Waals surface area contributed by atoms with Gasteiger partial charge >= 0.3 is 5.97 Å². The molecule has 0 spiro atoms. The second kappa shape index (κ2) is 5.72. The van der Waals surface area contributed by atoms with E-state index >= 15 is 0 Å². The number of ketones is 1. The number of rotatable bonds is 3. The lowest BCUT2D eigenvalue weighted by Crippen LogP contribution is -2.11. The molecule has 3 nitrogen and oxygen atoms in total. The number of ether oxygens (including phenoxy) is 1. The Bertz CT molecular complexity index is 495. The lowest BCUT2D eigenvalue weighted by molar-refractivity contribution is -0.137. The molecule has 17 heavy (non-hydrogen) atoms. The van der Waals surface area contributed by atoms with E-state index in [4.69, 9.17) is 0 Å². The van der Waals surface area contributed by atoms with Crippen molar-refractivity contribution in [1.82, 2.24) is 0 Å². The zero-order valence-corrected chi connectivity index (χ0v) is 10.9. The average molecular weight is 301 g/mol. The maximum Gasteiger partial charge on any atom is 0.341 e. The zero-order valence-electron chi connectivity index (χ0n) is 9.29. The highest BCUT2D eigenvalue weighted by Gasteiger charge is 2.14. The van der Waals surface area contributed by atoms with Crippen LogP contribution in [0.25, 0.3) is 6.08 Å². The van der Waals surface area contributed by atoms with Crippen molar-refractivity contribution in [2.75, 3.05) is 7.11 Å². The normalized spacial score (nSPS) is 11.2. The first kappa shape index (κ1) is 13.6. The van der Waals surface area contributed by atoms with Gasteiger partial charge in [-0.15, -0.1) is 0 Å². The predicted octanol–water partition coefficient (Wildman–Crippen LogP) is 2.73. The molecule has 0 saturated heterocycles. The van der Waals surface area contributed by atoms with E-state index < -0.39 is 17.6 Å². The molecule has 0 unspecified atom stereocenters. The van der Waals surface area contributed by atoms with Crippen LogP contribution < -0.4 is 0 Å². The van der Waals surface area contributed by atoms with Crippen molar-refractivity contribution in [3.8, 4) is 0 Å². The van der Waals surface area contributed by atoms with Crippen LogP contribution in [0.3, 0.4) is 0 Å². The second-order valence-corrected chi connectivity index (χ2v) is 4.13. The Morgan fingerprint density at radius 3 is 2.53 bits per heavy atom. The van der Waals surface area contributed by atoms with Crippen LogP contribution in [-0.4, -0.2) is 18.9 Å². The molecule has 0 aliphatic rings. The van der Waals surface area contributed by atoms with Crippen LogP contribution >= 0.6 is 15.9 Å². The number of hydrogen-bond donors (Lipinski definition) is 0. The van der Waals surface area contributed by atoms with Gasteiger partial charge < -0.3 is 4.74 Å². The zero-order chi connectivity index (χ0) is 13.0. The van der Waals surface area contributed by atoms with Gasteiger partial charge in [0, 0.05) is 0 Å². The first-order valence-corrected chi connectivity index (χ1v) is 5.51. The number of Topliss-reactive ketones (excluding diaryl/α,β-unsaturated/α-hetero) is 1. The maximum atomic E-state index is 13.0. The van der Waals surface area contributed by atoms with E-state index in [-0.39, 0.29) is 10.0 Å². The van der Waals surface area contributed by atoms with E-state index in [0.29, 0.717) is 5.56 Å². The van der Waals surface area contributed by atoms with Gasteiger partial charge in [-0.2, -0.15) is 0 Å². The first-order chi connectivity index (χ1) is 7.95. The molecule has 0 fully saturated rings. The van der Waals surface area contributed by atoms with Gasteiger partial charge in [-0.05, 0) is 46.6 Å². The van der Waals surface area contributed by atoms with Crippen molar-refractivity contribution in [2.24, 2.45) is 0 Å². The van der Waals surface area contributed by atoms with E-state index in [2.05, 4.69) is 20.7 Å². The minimum atomic E-state index is -0.710. The van der Waals surface area contributed by atoms with Crippen molar-refractivity contribution in [1.29, 1.82) is 0 Å². The van der Waals surface area contributed by atoms with Crippen LogP contribution in [0.1, 0.15) is 12.5 Å². The maximum absolute atomic E-state index is 13.0. The van der Waals surface area contributed by atoms with Gasteiger partial charge in [0.1, 0.15) is 11.4 Å². The molecule has 90 valence electrons. The third-order valence-electron chi connectivity index (χ3n) is 2.04. The highest BCUT2D eigenvalue weighted by atomic mass is 79.9. The number of methoxy groups -OCH3 is 1. The largest absolute Gasteiger partial charge is 0.465 e. The third kappa shape index (κ3) is 3.49. The van der Waals surface area contributed by atoms with Gasteiger partial charge in [-0.1, -0.05) is 6.07 Å². The fourth-order valence-electron chi connectivity index (χ4n) is 1.18. The van der Waals surface area contributed by atoms with Crippen LogP contribution in [0.4, 0.5) is 4.39 Å². The summed E-state index contributed by atoms with van der Waals surface area (Å²) in [7, 11) is 1.19. The molecular weight excluding hydrogens is 291 g/mol. The van der Waals surface area contributed by atoms with E-state index in [1.165, 1.54) is 38.3 Å². The van der Waals surface area contributed by atoms with Crippen LogP contribution in [0.2, 0.25) is 0 Å². The number of carbonyl (C=O) groups excluding carboxylic acids is 2. The minimum Gasteiger partial charge on any atom is -0.465 e. The molecule has 0 bridgehead atoms. The molecular formula is C12H10BrFO3. The summed E-state index contributed by atoms with van der Waals surface area (Å²) in [6, 6.07) is 4.18. The first-order valence-electron chi connectivity index (χ1n) is 4.71. The molecule has 0 amide bonds. The fraction of sp³-hybridized carbons (Fsp3) is 0.167. The molecule has 0 radical (unpaired) electrons. The number of esters is 1. The summed E-state index contributed by atoms with van der Waals surface area (Å²) in [4.78, 5) is 22.6. The molecule has 0 heterocycles. The van der Waals surface area contributed by atoms with E-state index in [1.807, 2.05) is 0 Å². The predicted molar refractivity (Wildman–Crippen MR) is 64.8 cm³/mol. The smallest absolute Gasteiger partial charge is 0.341 e. The summed E-state index contributed by atoms with van der Waals surface area (Å²) >= 11 is 3.02. The number of hydrogen-bond acceptors (Lipinski definition) is 3. The molecule has 1 aromatic carbocycles. The SMILES string of the molecule is COC(=O)/C(=C/c1ccc(F)c(Br)c1)C(C)=O. The Morgan fingerprint density at radius 2 is 2.06 bits per heavy atom. The van der Waals surface area contributed by atoms with Gasteiger partial charge in [-0.25, -0.2) is 9.18 Å². The quantitative estimate of drug-likeness (QED) is 0.373. The summed E-state index contributed by atoms with van der Waals surface area (Å²) in [5.74, 6) is -1.53. The number of benzene rings is 1. The van der Waals surface area contributed by atoms with Gasteiger partial charge in [0.25, 0.3) is 0 Å². The monoisotopic (exact) mass is 300 g/mol. The van der Waals surface area contributed by atoms with Crippen LogP contribution in [0.5, 0.6) is 0 Å². The molecule has 0 N–H and O–H groups in total. The third-order valence-corrected chi connectivity index (χ3v) is 2.65. The van der Waals surface area contributed by atoms with Gasteiger partial charge in [0.2, 0.25) is 0 Å². The van der Waals surface area contributed by atoms with Crippen molar-refractivity contribution in [3.05, 3.63) is 39.6 Å². The Balaban J connectivity index is 3.17. The van der Waals surface area contributed by atoms with Gasteiger partial charge in [-0.3, -0.25) is 4.79 Å². The number of halogens is 2. The topological polar surface area (TPSA) is 43.4 Å². The fourth-order valence-corrected chi connectivity index (χ4v) is 1.58. The second-order valence-electron chi connectivity index (χ2n) is 3.28. The minimum absolute atomic E-state index is 0.0778. The molecule has 0 saturated carbocycles. The van der Waals surface area contributed by atoms with E-state index in [9.17, 15) is 14.0 Å². The molecule has 1 rings (SSSR count). The lowest BCUT2D eigenvalue weighted by Gasteiger charge is -2.02. The van der Waals surface area contributed by atoms with Crippen molar-refractivity contribution >= 4 is 33.8 Å². The molecule has 1 aromatic rings. The van der Waals surface area contributed by atoms with Crippen LogP contribution in [0, 0.1) is 5.82 Å². The van der Waals surface area contributed by atoms with Crippen LogP contribution in [0.15, 0.2) is 28.2 Å². The summed E-state index contributed by atoms with van der Waals surface area (Å²) in [6.07, 6.45) is 1.36. The molecule has 5 heteroatoms. The van der Waals surface area contributed by atoms with Crippen molar-refractivity contribution in [3.63, 3.8) is 0 Å². The standard InChI is InChI=1S/C12H10BrFO3/c1-7(15)9(12(16)17-2)5-8-3-4-11(14)10(13)6-8/h3-6H,1-2H3/b9-5+. The van der Waals surface area contributed by atoms with Crippen molar-refractivity contribution < 1.29 is 18.7 Å². The Hall–Kier alpha value is -1.49. The highest BCUT2D eigenvalue weighted by Crippen LogP contribution is 2.19. The molecule has 0 aliphatic heterocycles. The summed E-state index contributed by atoms with van der Waals surface area (Å²) < 4.78 is 17.7. The average Bonchev–Trinajstić information content (AvgIpc) is 2.29. The van der Waals surface area contributed by atoms with Gasteiger partial charge in [0.05, 0.1) is 11.6 Å². The van der Waals surface area contributed by atoms with Gasteiger partial charge in [0.15, 0.2) is 5.78 Å². The molecule has 0 aromatic heterocycles. The molecule has 0 aliphatic carbocycles. The summed E-state index contributed by atoms with van der Waals surface area (Å²) in [5, 5.41) is 0. The summed E-state index contributed by atoms with van der Waals surface area (Å²) in [5.41, 5.74) is 0.458. The highest BCUT2D eigenvalue weighted by molar-refractivity contribution is 9.10. The lowest BCUT2D eigenvalue weighted by atomic mass is 10.1. The van der Waals surface area contributed by atoms with Crippen LogP contribution in [-0.2, 0) is 14.3 Å². The summed E-state index contributed by atoms with van der Waals surface area (Å²) in [6.45, 7) is 1.27. The van der Waals surface area contributed by atoms with E-state index in [0.717, 1.165) is 0 Å². The van der Waals surface area contributed by atoms with E-state index in [1.54, 1.807) is 0 Å². The Labute approximate surface area is 106 Å². The Morgan fingerprint density at radius 1 is 1.41 bits per heavy atom. The Kier molecular flexibility index (Phi) is 4.57. The number of carbonyl (C=O) groups is 2. The molecule has 0 atom stereocenters.